The van der Waals surface area contributed by atoms with E-state index in [4.69, 9.17) is 4.74 Å². The molecule has 0 spiro atoms. The standard InChI is InChI=1S/C14H18O2/c1-8-5-6-9(2)13(11(8)4)16-14(15)12-7-10(12)3/h5-6,10,12H,7H2,1-4H3. The van der Waals surface area contributed by atoms with Crippen LogP contribution in [0, 0.1) is 32.6 Å². The average Bonchev–Trinajstić information content (AvgIpc) is 2.96. The van der Waals surface area contributed by atoms with E-state index < -0.39 is 0 Å². The summed E-state index contributed by atoms with van der Waals surface area (Å²) in [4.78, 5) is 11.8. The molecule has 1 fully saturated rings. The number of esters is 1. The van der Waals surface area contributed by atoms with E-state index in [9.17, 15) is 4.79 Å². The number of carbonyl (C=O) groups excluding carboxylic acids is 1. The van der Waals surface area contributed by atoms with Crippen molar-refractivity contribution in [1.29, 1.82) is 0 Å². The molecule has 16 heavy (non-hydrogen) atoms. The van der Waals surface area contributed by atoms with Gasteiger partial charge in [0.25, 0.3) is 0 Å². The number of aryl methyl sites for hydroxylation is 2. The first-order chi connectivity index (χ1) is 7.50. The Balaban J connectivity index is 2.20. The molecular weight excluding hydrogens is 200 g/mol. The first-order valence-electron chi connectivity index (χ1n) is 5.79. The molecule has 0 bridgehead atoms. The SMILES string of the molecule is Cc1ccc(C)c(OC(=O)C2CC2C)c1C. The normalized spacial score (nSPS) is 23.0. The smallest absolute Gasteiger partial charge is 0.314 e. The minimum absolute atomic E-state index is 0.0655. The quantitative estimate of drug-likeness (QED) is 0.563. The van der Waals surface area contributed by atoms with Crippen molar-refractivity contribution in [3.05, 3.63) is 28.8 Å². The van der Waals surface area contributed by atoms with E-state index >= 15 is 0 Å². The van der Waals surface area contributed by atoms with Crippen LogP contribution in [0.15, 0.2) is 12.1 Å². The van der Waals surface area contributed by atoms with Crippen LogP contribution in [-0.2, 0) is 4.79 Å². The molecule has 0 saturated heterocycles. The van der Waals surface area contributed by atoms with Crippen LogP contribution in [0.25, 0.3) is 0 Å². The monoisotopic (exact) mass is 218 g/mol. The summed E-state index contributed by atoms with van der Waals surface area (Å²) >= 11 is 0. The molecule has 0 radical (unpaired) electrons. The molecule has 0 amide bonds. The van der Waals surface area contributed by atoms with Gasteiger partial charge in [-0.3, -0.25) is 4.79 Å². The van der Waals surface area contributed by atoms with Gasteiger partial charge in [-0.25, -0.2) is 0 Å². The summed E-state index contributed by atoms with van der Waals surface area (Å²) in [6.45, 7) is 8.10. The highest BCUT2D eigenvalue weighted by molar-refractivity contribution is 5.78. The van der Waals surface area contributed by atoms with Crippen LogP contribution in [0.2, 0.25) is 0 Å². The fourth-order valence-electron chi connectivity index (χ4n) is 1.91. The Bertz CT molecular complexity index is 435. The van der Waals surface area contributed by atoms with Crippen LogP contribution < -0.4 is 4.74 Å². The minimum Gasteiger partial charge on any atom is -0.426 e. The zero-order valence-corrected chi connectivity index (χ0v) is 10.3. The Morgan fingerprint density at radius 2 is 1.81 bits per heavy atom. The molecule has 2 rings (SSSR count). The lowest BCUT2D eigenvalue weighted by Crippen LogP contribution is -2.13. The maximum atomic E-state index is 11.8. The highest BCUT2D eigenvalue weighted by Crippen LogP contribution is 2.39. The molecule has 0 N–H and O–H groups in total. The molecule has 2 atom stereocenters. The molecule has 0 heterocycles. The minimum atomic E-state index is -0.0655. The van der Waals surface area contributed by atoms with Crippen molar-refractivity contribution in [1.82, 2.24) is 0 Å². The van der Waals surface area contributed by atoms with Crippen molar-refractivity contribution >= 4 is 5.97 Å². The molecule has 86 valence electrons. The number of hydrogen-bond acceptors (Lipinski definition) is 2. The van der Waals surface area contributed by atoms with Crippen molar-refractivity contribution in [3.8, 4) is 5.75 Å². The summed E-state index contributed by atoms with van der Waals surface area (Å²) in [5, 5.41) is 0. The predicted octanol–water partition coefficient (Wildman–Crippen LogP) is 3.17. The summed E-state index contributed by atoms with van der Waals surface area (Å²) < 4.78 is 5.51. The Labute approximate surface area is 96.6 Å². The first-order valence-corrected chi connectivity index (χ1v) is 5.79. The highest BCUT2D eigenvalue weighted by Gasteiger charge is 2.41. The number of ether oxygens (including phenoxy) is 1. The molecule has 1 aliphatic rings. The van der Waals surface area contributed by atoms with Crippen LogP contribution in [0.5, 0.6) is 5.75 Å². The number of hydrogen-bond donors (Lipinski definition) is 0. The van der Waals surface area contributed by atoms with Gasteiger partial charge in [0.1, 0.15) is 5.75 Å². The van der Waals surface area contributed by atoms with Gasteiger partial charge in [-0.1, -0.05) is 19.1 Å². The molecule has 2 unspecified atom stereocenters. The zero-order valence-electron chi connectivity index (χ0n) is 10.3. The van der Waals surface area contributed by atoms with Gasteiger partial charge >= 0.3 is 5.97 Å². The summed E-state index contributed by atoms with van der Waals surface area (Å²) in [5.41, 5.74) is 3.27. The first kappa shape index (κ1) is 11.2. The summed E-state index contributed by atoms with van der Waals surface area (Å²) in [6, 6.07) is 4.06. The molecule has 2 heteroatoms. The third-order valence-corrected chi connectivity index (χ3v) is 3.49. The van der Waals surface area contributed by atoms with Crippen molar-refractivity contribution in [2.45, 2.75) is 34.1 Å². The van der Waals surface area contributed by atoms with Crippen molar-refractivity contribution < 1.29 is 9.53 Å². The van der Waals surface area contributed by atoms with E-state index in [1.165, 1.54) is 0 Å². The van der Waals surface area contributed by atoms with E-state index in [0.29, 0.717) is 5.92 Å². The average molecular weight is 218 g/mol. The Kier molecular flexibility index (Phi) is 2.75. The number of rotatable bonds is 2. The largest absolute Gasteiger partial charge is 0.426 e. The van der Waals surface area contributed by atoms with E-state index in [0.717, 1.165) is 28.9 Å². The third-order valence-electron chi connectivity index (χ3n) is 3.49. The lowest BCUT2D eigenvalue weighted by atomic mass is 10.1. The molecule has 0 aromatic heterocycles. The van der Waals surface area contributed by atoms with E-state index in [-0.39, 0.29) is 11.9 Å². The van der Waals surface area contributed by atoms with Gasteiger partial charge in [-0.2, -0.15) is 0 Å². The fourth-order valence-corrected chi connectivity index (χ4v) is 1.91. The van der Waals surface area contributed by atoms with Crippen LogP contribution >= 0.6 is 0 Å². The van der Waals surface area contributed by atoms with Gasteiger partial charge in [-0.05, 0) is 49.8 Å². The molecule has 1 saturated carbocycles. The van der Waals surface area contributed by atoms with Gasteiger partial charge in [0.05, 0.1) is 5.92 Å². The van der Waals surface area contributed by atoms with E-state index in [2.05, 4.69) is 13.0 Å². The van der Waals surface area contributed by atoms with Crippen LogP contribution in [0.1, 0.15) is 30.0 Å². The van der Waals surface area contributed by atoms with Crippen LogP contribution in [0.3, 0.4) is 0 Å². The van der Waals surface area contributed by atoms with E-state index in [1.54, 1.807) is 0 Å². The lowest BCUT2D eigenvalue weighted by Gasteiger charge is -2.12. The van der Waals surface area contributed by atoms with Crippen molar-refractivity contribution in [3.63, 3.8) is 0 Å². The molecule has 2 nitrogen and oxygen atoms in total. The van der Waals surface area contributed by atoms with Gasteiger partial charge < -0.3 is 4.74 Å². The second-order valence-corrected chi connectivity index (χ2v) is 4.89. The van der Waals surface area contributed by atoms with Crippen molar-refractivity contribution in [2.24, 2.45) is 11.8 Å². The second kappa shape index (κ2) is 3.93. The second-order valence-electron chi connectivity index (χ2n) is 4.89. The summed E-state index contributed by atoms with van der Waals surface area (Å²) in [6.07, 6.45) is 0.975. The maximum Gasteiger partial charge on any atom is 0.314 e. The molecular formula is C14H18O2. The molecule has 1 aromatic rings. The Morgan fingerprint density at radius 3 is 2.38 bits per heavy atom. The topological polar surface area (TPSA) is 26.3 Å². The number of carbonyl (C=O) groups is 1. The molecule has 1 aliphatic carbocycles. The highest BCUT2D eigenvalue weighted by atomic mass is 16.5. The van der Waals surface area contributed by atoms with Gasteiger partial charge in [0.2, 0.25) is 0 Å². The zero-order chi connectivity index (χ0) is 11.9. The van der Waals surface area contributed by atoms with Gasteiger partial charge in [0.15, 0.2) is 0 Å². The third kappa shape index (κ3) is 1.97. The van der Waals surface area contributed by atoms with Gasteiger partial charge in [0, 0.05) is 0 Å². The van der Waals surface area contributed by atoms with Gasteiger partial charge in [-0.15, -0.1) is 0 Å². The van der Waals surface area contributed by atoms with Crippen LogP contribution in [0.4, 0.5) is 0 Å². The van der Waals surface area contributed by atoms with E-state index in [1.807, 2.05) is 26.8 Å². The predicted molar refractivity (Wildman–Crippen MR) is 63.6 cm³/mol. The Morgan fingerprint density at radius 1 is 1.25 bits per heavy atom. The van der Waals surface area contributed by atoms with Crippen molar-refractivity contribution in [2.75, 3.05) is 0 Å². The number of benzene rings is 1. The fraction of sp³-hybridized carbons (Fsp3) is 0.500. The van der Waals surface area contributed by atoms with Crippen LogP contribution in [-0.4, -0.2) is 5.97 Å². The lowest BCUT2D eigenvalue weighted by molar-refractivity contribution is -0.136. The summed E-state index contributed by atoms with van der Waals surface area (Å²) in [7, 11) is 0. The Hall–Kier alpha value is -1.31. The maximum absolute atomic E-state index is 11.8. The molecule has 0 aliphatic heterocycles. The summed E-state index contributed by atoms with van der Waals surface area (Å²) in [5.74, 6) is 1.31. The molecule has 1 aromatic carbocycles.